The van der Waals surface area contributed by atoms with Gasteiger partial charge in [0.25, 0.3) is 12.3 Å². The van der Waals surface area contributed by atoms with Gasteiger partial charge in [0.1, 0.15) is 12.9 Å². The molecule has 6 rings (SSSR count). The summed E-state index contributed by atoms with van der Waals surface area (Å²) in [5.41, 5.74) is 6.10. The van der Waals surface area contributed by atoms with Crippen LogP contribution in [0, 0.1) is 5.41 Å². The van der Waals surface area contributed by atoms with Crippen molar-refractivity contribution in [1.29, 1.82) is 0 Å². The molecule has 270 valence electrons. The molecule has 2 atom stereocenters. The second kappa shape index (κ2) is 13.3. The van der Waals surface area contributed by atoms with Crippen molar-refractivity contribution in [3.05, 3.63) is 83.2 Å². The highest BCUT2D eigenvalue weighted by Crippen LogP contribution is 2.45. The molecule has 1 unspecified atom stereocenters. The summed E-state index contributed by atoms with van der Waals surface area (Å²) >= 11 is 6.46. The Bertz CT molecular complexity index is 1970. The number of aromatic nitrogens is 5. The minimum Gasteiger partial charge on any atom is -0.447 e. The van der Waals surface area contributed by atoms with Crippen LogP contribution in [0.3, 0.4) is 0 Å². The second-order valence-corrected chi connectivity index (χ2v) is 14.6. The van der Waals surface area contributed by atoms with E-state index in [9.17, 15) is 27.2 Å². The van der Waals surface area contributed by atoms with E-state index in [0.717, 1.165) is 23.9 Å². The van der Waals surface area contributed by atoms with Crippen LogP contribution in [0.5, 0.6) is 0 Å². The summed E-state index contributed by atoms with van der Waals surface area (Å²) in [6.45, 7) is 4.52. The highest BCUT2D eigenvalue weighted by atomic mass is 35.5. The number of alkyl halides is 4. The van der Waals surface area contributed by atoms with Gasteiger partial charge in [0, 0.05) is 17.3 Å². The molecular formula is C34H36ClF4N9O3. The Hall–Kier alpha value is -4.99. The molecule has 4 aromatic rings. The zero-order valence-electron chi connectivity index (χ0n) is 28.2. The Balaban J connectivity index is 1.40. The second-order valence-electron chi connectivity index (χ2n) is 14.1. The third-order valence-corrected chi connectivity index (χ3v) is 9.17. The number of rotatable bonds is 11. The average molecular weight is 730 g/mol. The quantitative estimate of drug-likeness (QED) is 0.159. The maximum atomic E-state index is 14.9. The summed E-state index contributed by atoms with van der Waals surface area (Å²) in [4.78, 5) is 37.5. The number of halogens is 5. The predicted molar refractivity (Wildman–Crippen MR) is 179 cm³/mol. The normalized spacial score (nSPS) is 19.1. The number of nitrogens with zero attached hydrogens (tertiary/aromatic N) is 7. The van der Waals surface area contributed by atoms with E-state index in [1.807, 2.05) is 27.7 Å². The van der Waals surface area contributed by atoms with E-state index in [2.05, 4.69) is 20.5 Å². The maximum Gasteiger partial charge on any atom is 0.407 e. The van der Waals surface area contributed by atoms with Crippen LogP contribution < -0.4 is 11.1 Å². The highest BCUT2D eigenvalue weighted by molar-refractivity contribution is 6.32. The first-order valence-electron chi connectivity index (χ1n) is 16.1. The minimum absolute atomic E-state index is 0.0516. The monoisotopic (exact) mass is 729 g/mol. The van der Waals surface area contributed by atoms with Crippen LogP contribution in [0.25, 0.3) is 16.8 Å². The summed E-state index contributed by atoms with van der Waals surface area (Å²) in [6.07, 6.45) is 1.60. The van der Waals surface area contributed by atoms with Crippen molar-refractivity contribution >= 4 is 29.6 Å². The Morgan fingerprint density at radius 2 is 1.78 bits per heavy atom. The zero-order valence-corrected chi connectivity index (χ0v) is 28.9. The van der Waals surface area contributed by atoms with Gasteiger partial charge >= 0.3 is 12.6 Å². The third-order valence-electron chi connectivity index (χ3n) is 8.85. The number of hydrogen-bond acceptors (Lipinski definition) is 8. The van der Waals surface area contributed by atoms with Crippen molar-refractivity contribution in [2.45, 2.75) is 77.1 Å². The molecule has 1 aliphatic heterocycles. The molecule has 0 saturated heterocycles. The van der Waals surface area contributed by atoms with Crippen LogP contribution in [0.15, 0.2) is 66.2 Å². The Morgan fingerprint density at radius 3 is 2.39 bits per heavy atom. The number of benzene rings is 2. The lowest BCUT2D eigenvalue weighted by molar-refractivity contribution is -0.135. The standard InChI is InChI=1S/C34H36ClF4N9O3/c1-32(2,3)17-34(22-8-5-19(6-9-22)21-14-42-46(15-21)29(38)39)28(49)47(30(40)44-34)25(16-51-31(50)45-33(4)11-12-33)20-7-10-23(35)24(13-20)48-27(26(36)37)41-18-43-48/h5-10,13-15,18,25-26,29H,11-12,16-17H2,1-4H3,(H2,40,44)(H,45,50)/t25?,34-/m1/s1. The molecule has 1 fully saturated rings. The summed E-state index contributed by atoms with van der Waals surface area (Å²) in [6, 6.07) is 10.1. The Kier molecular flexibility index (Phi) is 9.33. The average Bonchev–Trinajstić information content (AvgIpc) is 3.43. The molecule has 0 spiro atoms. The lowest BCUT2D eigenvalue weighted by Gasteiger charge is -2.35. The smallest absolute Gasteiger partial charge is 0.407 e. The van der Waals surface area contributed by atoms with Gasteiger partial charge < -0.3 is 15.8 Å². The molecule has 17 heteroatoms. The van der Waals surface area contributed by atoms with Crippen LogP contribution >= 0.6 is 11.6 Å². The highest BCUT2D eigenvalue weighted by Gasteiger charge is 2.53. The number of nitrogens with one attached hydrogen (secondary N) is 1. The van der Waals surface area contributed by atoms with Crippen molar-refractivity contribution in [3.63, 3.8) is 0 Å². The van der Waals surface area contributed by atoms with Gasteiger partial charge in [-0.2, -0.15) is 19.0 Å². The number of aliphatic imine (C=N–C) groups is 1. The summed E-state index contributed by atoms with van der Waals surface area (Å²) < 4.78 is 61.1. The van der Waals surface area contributed by atoms with E-state index in [1.54, 1.807) is 30.3 Å². The topological polar surface area (TPSA) is 146 Å². The predicted octanol–water partition coefficient (Wildman–Crippen LogP) is 6.93. The van der Waals surface area contributed by atoms with Crippen molar-refractivity contribution in [2.75, 3.05) is 6.61 Å². The number of carbonyl (C=O) groups excluding carboxylic acids is 2. The number of carbonyl (C=O) groups is 2. The van der Waals surface area contributed by atoms with Crippen LogP contribution in [0.1, 0.15) is 82.9 Å². The maximum absolute atomic E-state index is 14.9. The number of amides is 2. The van der Waals surface area contributed by atoms with Crippen LogP contribution in [0.2, 0.25) is 5.02 Å². The van der Waals surface area contributed by atoms with Gasteiger partial charge in [-0.15, -0.1) is 0 Å². The lowest BCUT2D eigenvalue weighted by Crippen LogP contribution is -2.48. The molecule has 0 bridgehead atoms. The summed E-state index contributed by atoms with van der Waals surface area (Å²) in [5, 5.41) is 10.5. The van der Waals surface area contributed by atoms with Crippen molar-refractivity contribution < 1.29 is 31.9 Å². The van der Waals surface area contributed by atoms with Gasteiger partial charge in [-0.3, -0.25) is 9.69 Å². The van der Waals surface area contributed by atoms with Crippen molar-refractivity contribution in [2.24, 2.45) is 16.1 Å². The first-order chi connectivity index (χ1) is 24.0. The molecule has 2 aromatic carbocycles. The number of hydrogen-bond donors (Lipinski definition) is 2. The van der Waals surface area contributed by atoms with Crippen LogP contribution in [-0.4, -0.2) is 59.6 Å². The third kappa shape index (κ3) is 7.27. The van der Waals surface area contributed by atoms with E-state index in [4.69, 9.17) is 27.1 Å². The Morgan fingerprint density at radius 1 is 1.08 bits per heavy atom. The van der Waals surface area contributed by atoms with Gasteiger partial charge in [-0.1, -0.05) is 62.7 Å². The molecule has 1 saturated carbocycles. The largest absolute Gasteiger partial charge is 0.447 e. The molecule has 0 radical (unpaired) electrons. The first-order valence-corrected chi connectivity index (χ1v) is 16.4. The zero-order chi connectivity index (χ0) is 36.9. The fraction of sp³-hybridized carbons (Fsp3) is 0.412. The fourth-order valence-electron chi connectivity index (χ4n) is 6.16. The van der Waals surface area contributed by atoms with E-state index in [-0.39, 0.29) is 29.7 Å². The molecule has 1 aliphatic carbocycles. The van der Waals surface area contributed by atoms with Crippen LogP contribution in [0.4, 0.5) is 22.4 Å². The fourth-order valence-corrected chi connectivity index (χ4v) is 6.36. The molecule has 2 aromatic heterocycles. The van der Waals surface area contributed by atoms with E-state index in [0.29, 0.717) is 26.9 Å². The molecule has 3 heterocycles. The molecule has 3 N–H and O–H groups in total. The summed E-state index contributed by atoms with van der Waals surface area (Å²) in [7, 11) is 0. The number of nitrogens with two attached hydrogens (primary N) is 1. The van der Waals surface area contributed by atoms with E-state index < -0.39 is 53.3 Å². The van der Waals surface area contributed by atoms with Gasteiger partial charge in [-0.25, -0.2) is 32.9 Å². The lowest BCUT2D eigenvalue weighted by atomic mass is 9.75. The SMILES string of the molecule is CC(C)(C)C[C@]1(c2ccc(-c3cnn(C(F)F)c3)cc2)N=C(N)N(C(COC(=O)NC2(C)CC2)c2ccc(Cl)c(-n3ncnc3C(F)F)c2)C1=O. The van der Waals surface area contributed by atoms with Crippen molar-refractivity contribution in [3.8, 4) is 16.8 Å². The minimum atomic E-state index is -2.97. The molecule has 51 heavy (non-hydrogen) atoms. The Labute approximate surface area is 295 Å². The molecule has 2 aliphatic rings. The number of guanidine groups is 1. The van der Waals surface area contributed by atoms with Crippen molar-refractivity contribution in [1.82, 2.24) is 34.8 Å². The molecular weight excluding hydrogens is 694 g/mol. The van der Waals surface area contributed by atoms with Crippen LogP contribution in [-0.2, 0) is 15.1 Å². The molecule has 2 amide bonds. The van der Waals surface area contributed by atoms with E-state index >= 15 is 0 Å². The van der Waals surface area contributed by atoms with Gasteiger partial charge in [0.05, 0.1) is 22.9 Å². The summed E-state index contributed by atoms with van der Waals surface area (Å²) in [5.74, 6) is -1.34. The van der Waals surface area contributed by atoms with Gasteiger partial charge in [0.15, 0.2) is 17.3 Å². The van der Waals surface area contributed by atoms with E-state index in [1.165, 1.54) is 29.4 Å². The number of alkyl carbamates (subject to hydrolysis) is 1. The number of ether oxygens (including phenoxy) is 1. The molecule has 12 nitrogen and oxygen atoms in total. The van der Waals surface area contributed by atoms with Gasteiger partial charge in [0.2, 0.25) is 0 Å². The van der Waals surface area contributed by atoms with Gasteiger partial charge in [-0.05, 0) is 60.4 Å². The first kappa shape index (κ1) is 35.8.